The van der Waals surface area contributed by atoms with Crippen molar-refractivity contribution in [1.29, 1.82) is 10.7 Å². The second-order valence-corrected chi connectivity index (χ2v) is 10.7. The molecule has 9 nitrogen and oxygen atoms in total. The topological polar surface area (TPSA) is 135 Å². The van der Waals surface area contributed by atoms with Gasteiger partial charge in [-0.05, 0) is 68.8 Å². The third kappa shape index (κ3) is 6.69. The average Bonchev–Trinajstić information content (AvgIpc) is 2.83. The van der Waals surface area contributed by atoms with Crippen LogP contribution in [0, 0.1) is 28.6 Å². The van der Waals surface area contributed by atoms with Crippen LogP contribution in [0.3, 0.4) is 0 Å². The van der Waals surface area contributed by atoms with Gasteiger partial charge in [0.05, 0.1) is 12.2 Å². The van der Waals surface area contributed by atoms with Crippen molar-refractivity contribution in [1.82, 2.24) is 14.9 Å². The number of carbonyl (C=O) groups is 1. The highest BCUT2D eigenvalue weighted by molar-refractivity contribution is 6.35. The predicted molar refractivity (Wildman–Crippen MR) is 146 cm³/mol. The number of benzene rings is 1. The Bertz CT molecular complexity index is 1190. The van der Waals surface area contributed by atoms with Gasteiger partial charge in [0.2, 0.25) is 5.91 Å². The molecule has 3 heterocycles. The molecule has 2 aliphatic rings. The van der Waals surface area contributed by atoms with Crippen molar-refractivity contribution in [3.8, 4) is 6.07 Å². The minimum Gasteiger partial charge on any atom is -0.370 e. The normalized spacial score (nSPS) is 19.1. The summed E-state index contributed by atoms with van der Waals surface area (Å²) in [7, 11) is 0. The number of rotatable bonds is 10. The summed E-state index contributed by atoms with van der Waals surface area (Å²) in [6.45, 7) is 6.75. The Balaban J connectivity index is 1.42. The van der Waals surface area contributed by atoms with E-state index in [0.29, 0.717) is 34.1 Å². The van der Waals surface area contributed by atoms with Crippen molar-refractivity contribution in [3.05, 3.63) is 45.7 Å². The second kappa shape index (κ2) is 12.1. The first-order valence-corrected chi connectivity index (χ1v) is 13.3. The smallest absolute Gasteiger partial charge is 0.217 e. The molecule has 0 saturated carbocycles. The first kappa shape index (κ1) is 27.1. The van der Waals surface area contributed by atoms with Gasteiger partial charge in [-0.15, -0.1) is 0 Å². The van der Waals surface area contributed by atoms with Gasteiger partial charge < -0.3 is 20.9 Å². The number of hydrogen-bond acceptors (Lipinski definition) is 8. The van der Waals surface area contributed by atoms with Gasteiger partial charge in [-0.3, -0.25) is 10.2 Å². The van der Waals surface area contributed by atoms with Crippen LogP contribution in [0.5, 0.6) is 0 Å². The molecule has 2 aromatic rings. The number of amides is 1. The maximum absolute atomic E-state index is 11.0. The predicted octanol–water partition coefficient (Wildman–Crippen LogP) is 4.26. The molecule has 4 N–H and O–H groups in total. The zero-order valence-electron chi connectivity index (χ0n) is 20.9. The van der Waals surface area contributed by atoms with Gasteiger partial charge in [0.15, 0.2) is 11.5 Å². The Morgan fingerprint density at radius 2 is 2.11 bits per heavy atom. The fraction of sp³-hybridized carbons (Fsp3) is 0.500. The van der Waals surface area contributed by atoms with Crippen LogP contribution in [0.25, 0.3) is 0 Å². The lowest BCUT2D eigenvalue weighted by Gasteiger charge is -2.47. The van der Waals surface area contributed by atoms with Gasteiger partial charge in [-0.2, -0.15) is 5.26 Å². The number of carbonyl (C=O) groups excluding carboxylic acids is 1. The van der Waals surface area contributed by atoms with Crippen molar-refractivity contribution in [2.75, 3.05) is 42.9 Å². The molecule has 0 radical (unpaired) electrons. The minimum absolute atomic E-state index is 0.208. The van der Waals surface area contributed by atoms with E-state index >= 15 is 0 Å². The molecule has 0 spiro atoms. The summed E-state index contributed by atoms with van der Waals surface area (Å²) in [6.07, 6.45) is 5.27. The molecule has 0 aliphatic carbocycles. The molecule has 4 rings (SSSR count). The standard InChI is InChI=1S/C26H32Cl2N8O/c1-16(20-7-6-19(27)10-21(20)28)33-26-25(22(30)11-29)32-12-24(34-26)36-14-18(15-36)17-4-2-8-35(13-17)9-3-5-23(31)37/h6-7,10,12,16-18,30H,2-5,8-9,13-15H2,1H3,(H2,31,37)(H,33,34). The van der Waals surface area contributed by atoms with Gasteiger partial charge in [0.25, 0.3) is 0 Å². The molecule has 37 heavy (non-hydrogen) atoms. The van der Waals surface area contributed by atoms with E-state index in [9.17, 15) is 10.1 Å². The molecule has 1 aromatic heterocycles. The van der Waals surface area contributed by atoms with Gasteiger partial charge >= 0.3 is 0 Å². The molecule has 1 amide bonds. The first-order valence-electron chi connectivity index (χ1n) is 12.6. The van der Waals surface area contributed by atoms with Gasteiger partial charge in [0, 0.05) is 36.1 Å². The fourth-order valence-corrected chi connectivity index (χ4v) is 5.73. The Morgan fingerprint density at radius 3 is 2.81 bits per heavy atom. The number of nitrogens with two attached hydrogens (primary N) is 1. The van der Waals surface area contributed by atoms with Crippen LogP contribution in [0.4, 0.5) is 11.6 Å². The molecule has 2 fully saturated rings. The number of nitrogens with zero attached hydrogens (tertiary/aromatic N) is 5. The number of nitriles is 1. The lowest BCUT2D eigenvalue weighted by molar-refractivity contribution is -0.118. The van der Waals surface area contributed by atoms with Crippen molar-refractivity contribution in [2.45, 2.75) is 38.6 Å². The molecule has 0 bridgehead atoms. The molecular formula is C26H32Cl2N8O. The SMILES string of the molecule is CC(Nc1nc(N2CC(C3CCCN(CCCC(N)=O)C3)C2)cnc1C(=N)C#N)c1ccc(Cl)cc1Cl. The van der Waals surface area contributed by atoms with E-state index < -0.39 is 0 Å². The van der Waals surface area contributed by atoms with Crippen LogP contribution >= 0.6 is 23.2 Å². The van der Waals surface area contributed by atoms with Crippen LogP contribution in [-0.4, -0.2) is 59.2 Å². The molecular weight excluding hydrogens is 511 g/mol. The highest BCUT2D eigenvalue weighted by atomic mass is 35.5. The lowest BCUT2D eigenvalue weighted by atomic mass is 9.80. The van der Waals surface area contributed by atoms with E-state index in [-0.39, 0.29) is 23.4 Å². The number of likely N-dealkylation sites (tertiary alicyclic amines) is 1. The van der Waals surface area contributed by atoms with Crippen LogP contribution in [0.2, 0.25) is 10.0 Å². The maximum atomic E-state index is 11.0. The number of anilines is 2. The highest BCUT2D eigenvalue weighted by Gasteiger charge is 2.36. The Morgan fingerprint density at radius 1 is 1.32 bits per heavy atom. The van der Waals surface area contributed by atoms with Crippen molar-refractivity contribution < 1.29 is 4.79 Å². The first-order chi connectivity index (χ1) is 17.7. The van der Waals surface area contributed by atoms with E-state index in [2.05, 4.69) is 20.1 Å². The number of aromatic nitrogens is 2. The van der Waals surface area contributed by atoms with Crippen molar-refractivity contribution in [2.24, 2.45) is 17.6 Å². The van der Waals surface area contributed by atoms with E-state index in [1.807, 2.05) is 19.1 Å². The summed E-state index contributed by atoms with van der Waals surface area (Å²) in [4.78, 5) is 24.9. The van der Waals surface area contributed by atoms with Gasteiger partial charge in [-0.25, -0.2) is 9.97 Å². The van der Waals surface area contributed by atoms with Crippen molar-refractivity contribution in [3.63, 3.8) is 0 Å². The fourth-order valence-electron chi connectivity index (χ4n) is 5.16. The Kier molecular flexibility index (Phi) is 8.85. The zero-order chi connectivity index (χ0) is 26.5. The Hall–Kier alpha value is -2.93. The highest BCUT2D eigenvalue weighted by Crippen LogP contribution is 2.34. The minimum atomic E-state index is -0.254. The quantitative estimate of drug-likeness (QED) is 0.381. The monoisotopic (exact) mass is 542 g/mol. The van der Waals surface area contributed by atoms with Crippen LogP contribution < -0.4 is 16.0 Å². The summed E-state index contributed by atoms with van der Waals surface area (Å²) in [5.41, 5.74) is 6.06. The van der Waals surface area contributed by atoms with Crippen molar-refractivity contribution >= 4 is 46.5 Å². The Labute approximate surface area is 227 Å². The third-order valence-corrected chi connectivity index (χ3v) is 7.79. The zero-order valence-corrected chi connectivity index (χ0v) is 22.4. The molecule has 11 heteroatoms. The number of piperidine rings is 1. The third-order valence-electron chi connectivity index (χ3n) is 7.23. The lowest BCUT2D eigenvalue weighted by Crippen LogP contribution is -2.54. The molecule has 196 valence electrons. The van der Waals surface area contributed by atoms with Crippen LogP contribution in [0.1, 0.15) is 49.9 Å². The summed E-state index contributed by atoms with van der Waals surface area (Å²) >= 11 is 12.4. The number of hydrogen-bond donors (Lipinski definition) is 3. The average molecular weight is 544 g/mol. The number of halogens is 2. The molecule has 2 atom stereocenters. The van der Waals surface area contributed by atoms with E-state index in [0.717, 1.165) is 50.5 Å². The molecule has 1 aromatic carbocycles. The summed E-state index contributed by atoms with van der Waals surface area (Å²) < 4.78 is 0. The van der Waals surface area contributed by atoms with E-state index in [1.165, 1.54) is 12.8 Å². The summed E-state index contributed by atoms with van der Waals surface area (Å²) in [5.74, 6) is 2.05. The second-order valence-electron chi connectivity index (χ2n) is 9.88. The largest absolute Gasteiger partial charge is 0.370 e. The van der Waals surface area contributed by atoms with E-state index in [1.54, 1.807) is 18.3 Å². The number of nitrogens with one attached hydrogen (secondary N) is 2. The summed E-state index contributed by atoms with van der Waals surface area (Å²) in [6, 6.07) is 6.91. The molecule has 2 saturated heterocycles. The molecule has 2 unspecified atom stereocenters. The number of primary amides is 1. The van der Waals surface area contributed by atoms with Gasteiger partial charge in [-0.1, -0.05) is 29.3 Å². The van der Waals surface area contributed by atoms with Crippen LogP contribution in [-0.2, 0) is 4.79 Å². The molecule has 2 aliphatic heterocycles. The van der Waals surface area contributed by atoms with Crippen LogP contribution in [0.15, 0.2) is 24.4 Å². The van der Waals surface area contributed by atoms with Gasteiger partial charge in [0.1, 0.15) is 17.6 Å². The summed E-state index contributed by atoms with van der Waals surface area (Å²) in [5, 5.41) is 21.7. The van der Waals surface area contributed by atoms with E-state index in [4.69, 9.17) is 39.3 Å². The maximum Gasteiger partial charge on any atom is 0.217 e.